The molecule has 5 nitrogen and oxygen atoms in total. The summed E-state index contributed by atoms with van der Waals surface area (Å²) >= 11 is 9.69. The minimum absolute atomic E-state index is 0.0547. The fraction of sp³-hybridized carbons (Fsp3) is 0. The first kappa shape index (κ1) is 17.7. The fourth-order valence-corrected chi connectivity index (χ4v) is 3.69. The van der Waals surface area contributed by atoms with Crippen molar-refractivity contribution in [3.8, 4) is 5.75 Å². The third-order valence-corrected chi connectivity index (χ3v) is 5.08. The van der Waals surface area contributed by atoms with Crippen LogP contribution in [0.25, 0.3) is 6.08 Å². The molecule has 1 fully saturated rings. The highest BCUT2D eigenvalue weighted by Crippen LogP contribution is 2.31. The van der Waals surface area contributed by atoms with E-state index in [4.69, 9.17) is 12.2 Å². The molecule has 1 saturated heterocycles. The number of carbonyl (C=O) groups is 2. The molecule has 1 aliphatic rings. The van der Waals surface area contributed by atoms with E-state index in [0.717, 1.165) is 26.8 Å². The number of hydrogen-bond acceptors (Lipinski definition) is 5. The van der Waals surface area contributed by atoms with Gasteiger partial charge in [0.1, 0.15) is 5.75 Å². The van der Waals surface area contributed by atoms with Gasteiger partial charge in [-0.25, -0.2) is 0 Å². The molecule has 0 aliphatic carbocycles. The molecule has 2 amide bonds. The van der Waals surface area contributed by atoms with E-state index in [2.05, 4.69) is 21.4 Å². The topological polar surface area (TPSA) is 69.6 Å². The molecule has 25 heavy (non-hydrogen) atoms. The Morgan fingerprint density at radius 3 is 2.64 bits per heavy atom. The van der Waals surface area contributed by atoms with Crippen molar-refractivity contribution in [2.45, 2.75) is 0 Å². The van der Waals surface area contributed by atoms with Crippen molar-refractivity contribution in [3.05, 3.63) is 69.0 Å². The van der Waals surface area contributed by atoms with E-state index in [1.54, 1.807) is 6.08 Å². The van der Waals surface area contributed by atoms with Gasteiger partial charge in [-0.15, -0.1) is 0 Å². The molecule has 0 radical (unpaired) electrons. The first-order valence-corrected chi connectivity index (χ1v) is 9.09. The van der Waals surface area contributed by atoms with Gasteiger partial charge in [0.15, 0.2) is 4.32 Å². The lowest BCUT2D eigenvalue weighted by Crippen LogP contribution is -2.44. The highest BCUT2D eigenvalue weighted by atomic mass is 79.9. The molecule has 0 unspecified atom stereocenters. The Morgan fingerprint density at radius 2 is 1.96 bits per heavy atom. The van der Waals surface area contributed by atoms with Crippen LogP contribution >= 0.6 is 39.9 Å². The van der Waals surface area contributed by atoms with Crippen LogP contribution in [-0.4, -0.2) is 26.3 Å². The molecule has 0 spiro atoms. The molecule has 0 aromatic heterocycles. The lowest BCUT2D eigenvalue weighted by atomic mass is 10.2. The van der Waals surface area contributed by atoms with Crippen LogP contribution in [0.15, 0.2) is 57.9 Å². The van der Waals surface area contributed by atoms with Gasteiger partial charge in [0.05, 0.1) is 4.91 Å². The largest absolute Gasteiger partial charge is 0.508 e. The zero-order valence-electron chi connectivity index (χ0n) is 12.6. The number of phenolic OH excluding ortho intramolecular Hbond substituents is 1. The number of nitrogens with zero attached hydrogens (tertiary/aromatic N) is 1. The summed E-state index contributed by atoms with van der Waals surface area (Å²) in [6.07, 6.45) is 1.72. The molecule has 2 aromatic carbocycles. The monoisotopic (exact) mass is 434 g/mol. The number of nitrogens with one attached hydrogen (secondary N) is 1. The number of thioether (sulfide) groups is 1. The number of benzene rings is 2. The number of halogens is 1. The third-order valence-electron chi connectivity index (χ3n) is 3.28. The molecule has 2 aromatic rings. The van der Waals surface area contributed by atoms with Crippen LogP contribution in [0, 0.1) is 0 Å². The van der Waals surface area contributed by atoms with Gasteiger partial charge in [0, 0.05) is 10.0 Å². The molecule has 2 N–H and O–H groups in total. The Morgan fingerprint density at radius 1 is 1.24 bits per heavy atom. The van der Waals surface area contributed by atoms with Crippen LogP contribution in [0.3, 0.4) is 0 Å². The predicted octanol–water partition coefficient (Wildman–Crippen LogP) is 3.70. The standard InChI is InChI=1S/C17H11BrN2O3S2/c18-12-3-1-2-10(8-12)9-14-16(23)20(17(24)25-14)19-15(22)11-4-6-13(21)7-5-11/h1-9,21H,(H,19,22)/b14-9-. The number of amides is 2. The van der Waals surface area contributed by atoms with Gasteiger partial charge in [-0.3, -0.25) is 15.0 Å². The van der Waals surface area contributed by atoms with Crippen molar-refractivity contribution in [2.75, 3.05) is 0 Å². The maximum absolute atomic E-state index is 12.5. The lowest BCUT2D eigenvalue weighted by molar-refractivity contribution is -0.123. The minimum atomic E-state index is -0.486. The second kappa shape index (κ2) is 7.38. The van der Waals surface area contributed by atoms with E-state index in [1.807, 2.05) is 24.3 Å². The number of hydrogen-bond donors (Lipinski definition) is 2. The van der Waals surface area contributed by atoms with E-state index < -0.39 is 5.91 Å². The summed E-state index contributed by atoms with van der Waals surface area (Å²) in [5.74, 6) is -0.818. The Balaban J connectivity index is 1.77. The number of carbonyl (C=O) groups excluding carboxylic acids is 2. The molecule has 8 heteroatoms. The van der Waals surface area contributed by atoms with Gasteiger partial charge >= 0.3 is 0 Å². The molecular formula is C17H11BrN2O3S2. The number of aromatic hydroxyl groups is 1. The van der Waals surface area contributed by atoms with Gasteiger partial charge in [0.25, 0.3) is 11.8 Å². The van der Waals surface area contributed by atoms with Crippen LogP contribution < -0.4 is 5.43 Å². The van der Waals surface area contributed by atoms with E-state index in [1.165, 1.54) is 24.3 Å². The zero-order chi connectivity index (χ0) is 18.0. The highest BCUT2D eigenvalue weighted by Gasteiger charge is 2.33. The summed E-state index contributed by atoms with van der Waals surface area (Å²) in [6.45, 7) is 0. The second-order valence-corrected chi connectivity index (χ2v) is 7.65. The summed E-state index contributed by atoms with van der Waals surface area (Å²) in [7, 11) is 0. The summed E-state index contributed by atoms with van der Waals surface area (Å²) < 4.78 is 1.15. The van der Waals surface area contributed by atoms with Crippen molar-refractivity contribution in [3.63, 3.8) is 0 Å². The van der Waals surface area contributed by atoms with Crippen molar-refractivity contribution in [1.29, 1.82) is 0 Å². The summed E-state index contributed by atoms with van der Waals surface area (Å²) in [4.78, 5) is 25.2. The van der Waals surface area contributed by atoms with Crippen LogP contribution in [0.5, 0.6) is 5.75 Å². The third kappa shape index (κ3) is 4.09. The van der Waals surface area contributed by atoms with Crippen LogP contribution in [0.1, 0.15) is 15.9 Å². The van der Waals surface area contributed by atoms with Crippen LogP contribution in [-0.2, 0) is 4.79 Å². The van der Waals surface area contributed by atoms with E-state index in [9.17, 15) is 14.7 Å². The zero-order valence-corrected chi connectivity index (χ0v) is 15.8. The van der Waals surface area contributed by atoms with Crippen molar-refractivity contribution >= 4 is 62.1 Å². The van der Waals surface area contributed by atoms with Gasteiger partial charge < -0.3 is 5.11 Å². The van der Waals surface area contributed by atoms with Gasteiger partial charge in [-0.2, -0.15) is 5.01 Å². The maximum atomic E-state index is 12.5. The summed E-state index contributed by atoms with van der Waals surface area (Å²) in [5, 5.41) is 10.3. The first-order chi connectivity index (χ1) is 11.9. The molecule has 1 aliphatic heterocycles. The minimum Gasteiger partial charge on any atom is -0.508 e. The smallest absolute Gasteiger partial charge is 0.285 e. The molecule has 3 rings (SSSR count). The fourth-order valence-electron chi connectivity index (χ4n) is 2.09. The highest BCUT2D eigenvalue weighted by molar-refractivity contribution is 9.10. The number of thiocarbonyl (C=S) groups is 1. The molecule has 0 bridgehead atoms. The second-order valence-electron chi connectivity index (χ2n) is 5.06. The van der Waals surface area contributed by atoms with Crippen LogP contribution in [0.2, 0.25) is 0 Å². The molecular weight excluding hydrogens is 424 g/mol. The summed E-state index contributed by atoms with van der Waals surface area (Å²) in [5.41, 5.74) is 3.65. The predicted molar refractivity (Wildman–Crippen MR) is 105 cm³/mol. The Hall–Kier alpha value is -2.16. The van der Waals surface area contributed by atoms with Crippen molar-refractivity contribution < 1.29 is 14.7 Å². The van der Waals surface area contributed by atoms with Crippen LogP contribution in [0.4, 0.5) is 0 Å². The lowest BCUT2D eigenvalue weighted by Gasteiger charge is -2.15. The van der Waals surface area contributed by atoms with E-state index in [0.29, 0.717) is 10.5 Å². The number of phenols is 1. The van der Waals surface area contributed by atoms with Gasteiger partial charge in [-0.05, 0) is 60.3 Å². The number of rotatable bonds is 3. The van der Waals surface area contributed by atoms with Gasteiger partial charge in [-0.1, -0.05) is 39.8 Å². The van der Waals surface area contributed by atoms with Crippen molar-refractivity contribution in [2.24, 2.45) is 0 Å². The molecule has 0 saturated carbocycles. The normalized spacial score (nSPS) is 15.7. The SMILES string of the molecule is O=C(NN1C(=O)/C(=C/c2cccc(Br)c2)SC1=S)c1ccc(O)cc1. The van der Waals surface area contributed by atoms with Crippen molar-refractivity contribution in [1.82, 2.24) is 10.4 Å². The van der Waals surface area contributed by atoms with Gasteiger partial charge in [0.2, 0.25) is 0 Å². The molecule has 0 atom stereocenters. The Kier molecular flexibility index (Phi) is 5.22. The molecule has 126 valence electrons. The quantitative estimate of drug-likeness (QED) is 0.569. The Bertz CT molecular complexity index is 897. The molecule has 1 heterocycles. The average Bonchev–Trinajstić information content (AvgIpc) is 2.83. The Labute approximate surface area is 161 Å². The van der Waals surface area contributed by atoms with E-state index >= 15 is 0 Å². The van der Waals surface area contributed by atoms with E-state index in [-0.39, 0.29) is 16.0 Å². The first-order valence-electron chi connectivity index (χ1n) is 7.07. The number of hydrazine groups is 1. The maximum Gasteiger partial charge on any atom is 0.285 e. The average molecular weight is 435 g/mol. The summed E-state index contributed by atoms with van der Waals surface area (Å²) in [6, 6.07) is 13.2.